The SMILES string of the molecule is COc1ccc(CN2CCN(C3CC4(C3)CN(c3ccc(C(=O)O)c(Oc5cnc6[nH]cc(F)c6c5)c3)C4)[C@H](c3ccccc3C(C)C)C2)cc1OC. The Morgan fingerprint density at radius 3 is 2.55 bits per heavy atom. The van der Waals surface area contributed by atoms with Crippen molar-refractivity contribution in [2.24, 2.45) is 5.41 Å². The Labute approximate surface area is 309 Å². The van der Waals surface area contributed by atoms with Crippen LogP contribution in [0.3, 0.4) is 0 Å². The van der Waals surface area contributed by atoms with E-state index in [4.69, 9.17) is 14.2 Å². The first kappa shape index (κ1) is 34.9. The molecule has 5 aromatic rings. The van der Waals surface area contributed by atoms with Gasteiger partial charge in [-0.2, -0.15) is 0 Å². The van der Waals surface area contributed by atoms with Gasteiger partial charge in [0.25, 0.3) is 0 Å². The highest BCUT2D eigenvalue weighted by atomic mass is 19.1. The Morgan fingerprint density at radius 1 is 1.00 bits per heavy atom. The lowest BCUT2D eigenvalue weighted by atomic mass is 9.59. The molecule has 10 nitrogen and oxygen atoms in total. The standard InChI is InChI=1S/C42H46FN5O5/c1-26(2)31-7-5-6-8-32(31)36-23-46(22-27-9-12-37(51-3)39(15-27)52-4)13-14-48(36)29-18-42(19-29)24-47(25-42)28-10-11-33(41(49)50)38(16-28)53-30-17-34-35(43)21-45-40(34)44-20-30/h5-12,15-17,20-21,26,29,36H,13-14,18-19,22-25H2,1-4H3,(H,44,45)(H,49,50)/t36-/m0/s1. The van der Waals surface area contributed by atoms with Gasteiger partial charge in [-0.15, -0.1) is 0 Å². The summed E-state index contributed by atoms with van der Waals surface area (Å²) in [6.07, 6.45) is 4.96. The average Bonchev–Trinajstić information content (AvgIpc) is 3.50. The van der Waals surface area contributed by atoms with Crippen molar-refractivity contribution in [2.75, 3.05) is 51.8 Å². The largest absolute Gasteiger partial charge is 0.493 e. The van der Waals surface area contributed by atoms with Gasteiger partial charge in [0.2, 0.25) is 0 Å². The van der Waals surface area contributed by atoms with Crippen molar-refractivity contribution in [3.05, 3.63) is 107 Å². The van der Waals surface area contributed by atoms with Crippen LogP contribution in [0.25, 0.3) is 11.0 Å². The molecule has 0 amide bonds. The number of methoxy groups -OCH3 is 2. The van der Waals surface area contributed by atoms with E-state index in [0.717, 1.165) is 69.3 Å². The summed E-state index contributed by atoms with van der Waals surface area (Å²) >= 11 is 0. The maximum atomic E-state index is 14.2. The second-order valence-electron chi connectivity index (χ2n) is 15.2. The van der Waals surface area contributed by atoms with E-state index in [2.05, 4.69) is 74.9 Å². The van der Waals surface area contributed by atoms with E-state index in [9.17, 15) is 14.3 Å². The zero-order valence-corrected chi connectivity index (χ0v) is 30.6. The Kier molecular flexibility index (Phi) is 9.24. The van der Waals surface area contributed by atoms with Crippen LogP contribution in [0.2, 0.25) is 0 Å². The van der Waals surface area contributed by atoms with Gasteiger partial charge in [0, 0.05) is 74.7 Å². The summed E-state index contributed by atoms with van der Waals surface area (Å²) < 4.78 is 31.3. The summed E-state index contributed by atoms with van der Waals surface area (Å²) in [6.45, 7) is 10.2. The number of aromatic carboxylic acids is 1. The van der Waals surface area contributed by atoms with Gasteiger partial charge < -0.3 is 29.2 Å². The molecule has 3 aliphatic rings. The van der Waals surface area contributed by atoms with Crippen molar-refractivity contribution >= 4 is 22.7 Å². The third-order valence-electron chi connectivity index (χ3n) is 11.4. The minimum absolute atomic E-state index is 0.0420. The normalized spacial score (nSPS) is 19.0. The molecule has 0 radical (unpaired) electrons. The third-order valence-corrected chi connectivity index (χ3v) is 11.4. The number of aromatic amines is 1. The minimum atomic E-state index is -1.09. The number of pyridine rings is 1. The van der Waals surface area contributed by atoms with Crippen LogP contribution in [0.1, 0.15) is 65.7 Å². The first-order chi connectivity index (χ1) is 25.6. The molecule has 276 valence electrons. The van der Waals surface area contributed by atoms with E-state index in [0.29, 0.717) is 17.6 Å². The van der Waals surface area contributed by atoms with Crippen LogP contribution in [0, 0.1) is 11.2 Å². The van der Waals surface area contributed by atoms with Crippen LogP contribution < -0.4 is 19.1 Å². The number of anilines is 1. The van der Waals surface area contributed by atoms with Crippen molar-refractivity contribution in [1.29, 1.82) is 0 Å². The van der Waals surface area contributed by atoms with E-state index >= 15 is 0 Å². The molecule has 2 N–H and O–H groups in total. The fourth-order valence-corrected chi connectivity index (χ4v) is 8.77. The Hall–Kier alpha value is -5.13. The van der Waals surface area contributed by atoms with E-state index in [-0.39, 0.29) is 33.9 Å². The predicted octanol–water partition coefficient (Wildman–Crippen LogP) is 7.86. The summed E-state index contributed by atoms with van der Waals surface area (Å²) in [4.78, 5) is 26.7. The molecule has 2 aromatic heterocycles. The number of carboxylic acids is 1. The fourth-order valence-electron chi connectivity index (χ4n) is 8.77. The second kappa shape index (κ2) is 14.0. The first-order valence-corrected chi connectivity index (χ1v) is 18.3. The molecular formula is C42H46FN5O5. The van der Waals surface area contributed by atoms with Crippen molar-refractivity contribution in [3.63, 3.8) is 0 Å². The van der Waals surface area contributed by atoms with Gasteiger partial charge in [-0.25, -0.2) is 14.2 Å². The average molecular weight is 720 g/mol. The number of carboxylic acid groups (broad SMARTS) is 1. The zero-order chi connectivity index (χ0) is 36.9. The number of nitrogens with one attached hydrogen (secondary N) is 1. The number of rotatable bonds is 11. The first-order valence-electron chi connectivity index (χ1n) is 18.3. The van der Waals surface area contributed by atoms with Crippen LogP contribution in [-0.2, 0) is 6.54 Å². The Morgan fingerprint density at radius 2 is 1.79 bits per heavy atom. The Bertz CT molecular complexity index is 2140. The predicted molar refractivity (Wildman–Crippen MR) is 202 cm³/mol. The van der Waals surface area contributed by atoms with Crippen molar-refractivity contribution in [2.45, 2.75) is 51.2 Å². The highest BCUT2D eigenvalue weighted by molar-refractivity contribution is 5.92. The highest BCUT2D eigenvalue weighted by Crippen LogP contribution is 2.53. The van der Waals surface area contributed by atoms with Gasteiger partial charge in [0.05, 0.1) is 25.8 Å². The van der Waals surface area contributed by atoms with Gasteiger partial charge in [0.1, 0.15) is 28.5 Å². The number of ether oxygens (including phenoxy) is 3. The van der Waals surface area contributed by atoms with E-state index in [1.165, 1.54) is 35.2 Å². The summed E-state index contributed by atoms with van der Waals surface area (Å²) in [5.41, 5.74) is 5.64. The van der Waals surface area contributed by atoms with Gasteiger partial charge in [-0.3, -0.25) is 9.80 Å². The number of H-pyrrole nitrogens is 1. The number of piperazine rings is 1. The Balaban J connectivity index is 0.965. The summed E-state index contributed by atoms with van der Waals surface area (Å²) in [5, 5.41) is 10.2. The number of benzene rings is 3. The number of hydrogen-bond donors (Lipinski definition) is 2. The monoisotopic (exact) mass is 719 g/mol. The second-order valence-corrected chi connectivity index (χ2v) is 15.2. The third kappa shape index (κ3) is 6.68. The number of carbonyl (C=O) groups is 1. The summed E-state index contributed by atoms with van der Waals surface area (Å²) in [5.74, 6) is 0.870. The van der Waals surface area contributed by atoms with Gasteiger partial charge in [0.15, 0.2) is 11.5 Å². The van der Waals surface area contributed by atoms with E-state index < -0.39 is 11.8 Å². The van der Waals surface area contributed by atoms with Crippen molar-refractivity contribution in [3.8, 4) is 23.0 Å². The molecule has 1 aliphatic carbocycles. The molecule has 0 bridgehead atoms. The van der Waals surface area contributed by atoms with Crippen molar-refractivity contribution < 1.29 is 28.5 Å². The molecule has 1 saturated carbocycles. The molecule has 2 aliphatic heterocycles. The quantitative estimate of drug-likeness (QED) is 0.141. The number of halogens is 1. The van der Waals surface area contributed by atoms with E-state index in [1.54, 1.807) is 26.4 Å². The molecule has 11 heteroatoms. The molecule has 0 unspecified atom stereocenters. The van der Waals surface area contributed by atoms with Crippen molar-refractivity contribution in [1.82, 2.24) is 19.8 Å². The molecule has 1 spiro atoms. The molecule has 3 aromatic carbocycles. The molecule has 2 saturated heterocycles. The lowest BCUT2D eigenvalue weighted by Crippen LogP contribution is -2.68. The zero-order valence-electron chi connectivity index (χ0n) is 30.6. The molecule has 53 heavy (non-hydrogen) atoms. The minimum Gasteiger partial charge on any atom is -0.493 e. The lowest BCUT2D eigenvalue weighted by Gasteiger charge is -2.63. The molecule has 8 rings (SSSR count). The fraction of sp³-hybridized carbons (Fsp3) is 0.381. The van der Waals surface area contributed by atoms with E-state index in [1.807, 2.05) is 12.1 Å². The number of nitrogens with zero attached hydrogens (tertiary/aromatic N) is 4. The molecular weight excluding hydrogens is 673 g/mol. The van der Waals surface area contributed by atoms with Crippen LogP contribution in [-0.4, -0.2) is 83.8 Å². The number of aromatic nitrogens is 2. The lowest BCUT2D eigenvalue weighted by molar-refractivity contribution is -0.0647. The highest BCUT2D eigenvalue weighted by Gasteiger charge is 2.55. The van der Waals surface area contributed by atoms with Gasteiger partial charge in [-0.1, -0.05) is 44.2 Å². The van der Waals surface area contributed by atoms with Gasteiger partial charge >= 0.3 is 5.97 Å². The molecule has 1 atom stereocenters. The van der Waals surface area contributed by atoms with Crippen LogP contribution >= 0.6 is 0 Å². The summed E-state index contributed by atoms with van der Waals surface area (Å²) in [6, 6.07) is 22.7. The smallest absolute Gasteiger partial charge is 0.339 e. The van der Waals surface area contributed by atoms with Crippen LogP contribution in [0.15, 0.2) is 79.1 Å². The van der Waals surface area contributed by atoms with Gasteiger partial charge in [-0.05, 0) is 65.8 Å². The van der Waals surface area contributed by atoms with Crippen LogP contribution in [0.4, 0.5) is 10.1 Å². The maximum absolute atomic E-state index is 14.2. The summed E-state index contributed by atoms with van der Waals surface area (Å²) in [7, 11) is 3.35. The molecule has 4 heterocycles. The number of hydrogen-bond acceptors (Lipinski definition) is 8. The molecule has 3 fully saturated rings. The maximum Gasteiger partial charge on any atom is 0.339 e. The topological polar surface area (TPSA) is 103 Å². The number of fused-ring (bicyclic) bond motifs is 1. The van der Waals surface area contributed by atoms with Crippen LogP contribution in [0.5, 0.6) is 23.0 Å².